The Labute approximate surface area is 125 Å². The van der Waals surface area contributed by atoms with Gasteiger partial charge < -0.3 is 9.73 Å². The van der Waals surface area contributed by atoms with Crippen molar-refractivity contribution in [2.24, 2.45) is 0 Å². The van der Waals surface area contributed by atoms with Crippen molar-refractivity contribution in [1.29, 1.82) is 0 Å². The van der Waals surface area contributed by atoms with E-state index in [0.29, 0.717) is 29.8 Å². The maximum absolute atomic E-state index is 13.1. The van der Waals surface area contributed by atoms with Crippen LogP contribution in [0.5, 0.6) is 0 Å². The highest BCUT2D eigenvalue weighted by molar-refractivity contribution is 7.98. The van der Waals surface area contributed by atoms with Crippen LogP contribution in [0.2, 0.25) is 0 Å². The van der Waals surface area contributed by atoms with E-state index in [1.165, 1.54) is 12.1 Å². The number of thioether (sulfide) groups is 1. The summed E-state index contributed by atoms with van der Waals surface area (Å²) in [5.74, 6) is -1.33. The number of nitrogens with one attached hydrogen (secondary N) is 1. The number of halogens is 3. The van der Waals surface area contributed by atoms with Crippen molar-refractivity contribution in [3.05, 3.63) is 59.3 Å². The van der Waals surface area contributed by atoms with Crippen molar-refractivity contribution in [1.82, 2.24) is 5.32 Å². The number of rotatable bonds is 7. The predicted molar refractivity (Wildman–Crippen MR) is 77.7 cm³/mol. The summed E-state index contributed by atoms with van der Waals surface area (Å²) in [6.07, 6.45) is 0. The Morgan fingerprint density at radius 3 is 2.67 bits per heavy atom. The Hall–Kier alpha value is -1.40. The molecule has 2 aromatic rings. The summed E-state index contributed by atoms with van der Waals surface area (Å²) in [7, 11) is 0. The molecule has 1 aromatic carbocycles. The van der Waals surface area contributed by atoms with Crippen molar-refractivity contribution in [2.75, 3.05) is 0 Å². The van der Waals surface area contributed by atoms with Crippen molar-refractivity contribution < 1.29 is 17.6 Å². The van der Waals surface area contributed by atoms with E-state index in [0.717, 1.165) is 5.56 Å². The van der Waals surface area contributed by atoms with Gasteiger partial charge in [-0.25, -0.2) is 4.39 Å². The minimum absolute atomic E-state index is 0.0373. The number of hydrogen-bond donors (Lipinski definition) is 1. The standard InChI is InChI=1S/C15H16F3NOS/c1-10(11-3-2-4-12(16)7-11)19-8-13-5-6-14(20-13)9-21-15(17)18/h2-7,10,15,19H,8-9H2,1H3. The summed E-state index contributed by atoms with van der Waals surface area (Å²) in [5.41, 5.74) is 0.843. The fourth-order valence-corrected chi connectivity index (χ4v) is 2.33. The van der Waals surface area contributed by atoms with Gasteiger partial charge in [0.2, 0.25) is 0 Å². The van der Waals surface area contributed by atoms with Crippen LogP contribution in [0.25, 0.3) is 0 Å². The molecule has 0 saturated heterocycles. The van der Waals surface area contributed by atoms with Crippen molar-refractivity contribution in [3.8, 4) is 0 Å². The Balaban J connectivity index is 1.85. The second-order valence-corrected chi connectivity index (χ2v) is 5.58. The van der Waals surface area contributed by atoms with Crippen LogP contribution in [0.15, 0.2) is 40.8 Å². The normalized spacial score (nSPS) is 12.8. The van der Waals surface area contributed by atoms with Gasteiger partial charge in [0.05, 0.1) is 12.3 Å². The van der Waals surface area contributed by atoms with Gasteiger partial charge in [0.1, 0.15) is 17.3 Å². The monoisotopic (exact) mass is 315 g/mol. The van der Waals surface area contributed by atoms with Crippen LogP contribution in [-0.2, 0) is 12.3 Å². The van der Waals surface area contributed by atoms with Crippen molar-refractivity contribution >= 4 is 11.8 Å². The Morgan fingerprint density at radius 2 is 1.95 bits per heavy atom. The van der Waals surface area contributed by atoms with Crippen LogP contribution in [-0.4, -0.2) is 5.76 Å². The lowest BCUT2D eigenvalue weighted by Gasteiger charge is -2.13. The van der Waals surface area contributed by atoms with Crippen LogP contribution < -0.4 is 5.32 Å². The number of hydrogen-bond acceptors (Lipinski definition) is 3. The van der Waals surface area contributed by atoms with E-state index in [4.69, 9.17) is 4.42 Å². The van der Waals surface area contributed by atoms with E-state index in [1.54, 1.807) is 18.2 Å². The molecule has 1 N–H and O–H groups in total. The first-order chi connectivity index (χ1) is 10.0. The zero-order chi connectivity index (χ0) is 15.2. The molecular weight excluding hydrogens is 299 g/mol. The topological polar surface area (TPSA) is 25.2 Å². The average molecular weight is 315 g/mol. The molecule has 2 nitrogen and oxygen atoms in total. The molecule has 0 saturated carbocycles. The molecular formula is C15H16F3NOS. The Morgan fingerprint density at radius 1 is 1.19 bits per heavy atom. The summed E-state index contributed by atoms with van der Waals surface area (Å²) in [5, 5.41) is 3.21. The third-order valence-electron chi connectivity index (χ3n) is 3.00. The molecule has 2 rings (SSSR count). The van der Waals surface area contributed by atoms with Crippen LogP contribution in [0.4, 0.5) is 13.2 Å². The molecule has 0 aliphatic carbocycles. The molecule has 0 amide bonds. The quantitative estimate of drug-likeness (QED) is 0.800. The Bertz CT molecular complexity index is 574. The highest BCUT2D eigenvalue weighted by atomic mass is 32.2. The molecule has 0 aliphatic heterocycles. The fourth-order valence-electron chi connectivity index (χ4n) is 1.89. The van der Waals surface area contributed by atoms with E-state index < -0.39 is 5.76 Å². The van der Waals surface area contributed by atoms with Gasteiger partial charge in [-0.05, 0) is 36.8 Å². The van der Waals surface area contributed by atoms with Crippen molar-refractivity contribution in [3.63, 3.8) is 0 Å². The average Bonchev–Trinajstić information content (AvgIpc) is 2.90. The SMILES string of the molecule is CC(NCc1ccc(CSC(F)F)o1)c1cccc(F)c1. The lowest BCUT2D eigenvalue weighted by molar-refractivity contribution is 0.251. The van der Waals surface area contributed by atoms with Crippen LogP contribution in [0, 0.1) is 5.82 Å². The molecule has 114 valence electrons. The van der Waals surface area contributed by atoms with E-state index in [1.807, 2.05) is 13.0 Å². The molecule has 1 aromatic heterocycles. The van der Waals surface area contributed by atoms with E-state index in [-0.39, 0.29) is 17.6 Å². The first kappa shape index (κ1) is 16.0. The van der Waals surface area contributed by atoms with Gasteiger partial charge in [-0.2, -0.15) is 8.78 Å². The summed E-state index contributed by atoms with van der Waals surface area (Å²) in [4.78, 5) is 0. The minimum atomic E-state index is -2.40. The lowest BCUT2D eigenvalue weighted by atomic mass is 10.1. The van der Waals surface area contributed by atoms with Gasteiger partial charge in [-0.3, -0.25) is 0 Å². The molecule has 1 heterocycles. The van der Waals surface area contributed by atoms with Gasteiger partial charge in [0.25, 0.3) is 5.76 Å². The van der Waals surface area contributed by atoms with Gasteiger partial charge in [-0.15, -0.1) is 0 Å². The van der Waals surface area contributed by atoms with E-state index in [2.05, 4.69) is 5.32 Å². The second-order valence-electron chi connectivity index (χ2n) is 4.60. The fraction of sp³-hybridized carbons (Fsp3) is 0.333. The summed E-state index contributed by atoms with van der Waals surface area (Å²) in [6.45, 7) is 2.38. The predicted octanol–water partition coefficient (Wildman–Crippen LogP) is 4.73. The van der Waals surface area contributed by atoms with Gasteiger partial charge >= 0.3 is 0 Å². The zero-order valence-electron chi connectivity index (χ0n) is 11.5. The third kappa shape index (κ3) is 5.13. The molecule has 21 heavy (non-hydrogen) atoms. The molecule has 0 fully saturated rings. The van der Waals surface area contributed by atoms with Crippen LogP contribution in [0.3, 0.4) is 0 Å². The van der Waals surface area contributed by atoms with E-state index >= 15 is 0 Å². The largest absolute Gasteiger partial charge is 0.464 e. The third-order valence-corrected chi connectivity index (χ3v) is 3.70. The molecule has 0 radical (unpaired) electrons. The maximum Gasteiger partial charge on any atom is 0.284 e. The van der Waals surface area contributed by atoms with Gasteiger partial charge in [-0.1, -0.05) is 23.9 Å². The number of furan rings is 1. The first-order valence-electron chi connectivity index (χ1n) is 6.51. The highest BCUT2D eigenvalue weighted by Gasteiger charge is 2.09. The summed E-state index contributed by atoms with van der Waals surface area (Å²) in [6, 6.07) is 9.79. The van der Waals surface area contributed by atoms with Crippen LogP contribution >= 0.6 is 11.8 Å². The zero-order valence-corrected chi connectivity index (χ0v) is 12.3. The minimum Gasteiger partial charge on any atom is -0.464 e. The van der Waals surface area contributed by atoms with Crippen LogP contribution in [0.1, 0.15) is 30.0 Å². The van der Waals surface area contributed by atoms with Gasteiger partial charge in [0.15, 0.2) is 0 Å². The summed E-state index contributed by atoms with van der Waals surface area (Å²) >= 11 is 0.531. The van der Waals surface area contributed by atoms with Gasteiger partial charge in [0, 0.05) is 6.04 Å². The highest BCUT2D eigenvalue weighted by Crippen LogP contribution is 2.21. The molecule has 1 unspecified atom stereocenters. The van der Waals surface area contributed by atoms with E-state index in [9.17, 15) is 13.2 Å². The molecule has 0 spiro atoms. The second kappa shape index (κ2) is 7.56. The Kier molecular flexibility index (Phi) is 5.76. The molecule has 6 heteroatoms. The lowest BCUT2D eigenvalue weighted by Crippen LogP contribution is -2.17. The van der Waals surface area contributed by atoms with Crippen molar-refractivity contribution in [2.45, 2.75) is 31.0 Å². The maximum atomic E-state index is 13.1. The smallest absolute Gasteiger partial charge is 0.284 e. The molecule has 0 aliphatic rings. The summed E-state index contributed by atoms with van der Waals surface area (Å²) < 4.78 is 42.7. The number of alkyl halides is 2. The number of benzene rings is 1. The first-order valence-corrected chi connectivity index (χ1v) is 7.55. The molecule has 1 atom stereocenters. The molecule has 0 bridgehead atoms.